The molecular formula is C33H42N2O5S. The Hall–Kier alpha value is -3.52. The fourth-order valence-electron chi connectivity index (χ4n) is 5.19. The van der Waals surface area contributed by atoms with E-state index in [4.69, 9.17) is 9.73 Å². The van der Waals surface area contributed by atoms with Crippen molar-refractivity contribution in [2.75, 3.05) is 7.11 Å². The van der Waals surface area contributed by atoms with Crippen molar-refractivity contribution in [3.63, 3.8) is 0 Å². The zero-order valence-electron chi connectivity index (χ0n) is 24.8. The first-order chi connectivity index (χ1) is 19.6. The lowest BCUT2D eigenvalue weighted by atomic mass is 9.91. The van der Waals surface area contributed by atoms with E-state index in [0.717, 1.165) is 60.9 Å². The molecule has 1 aliphatic rings. The van der Waals surface area contributed by atoms with Crippen LogP contribution >= 0.6 is 11.3 Å². The van der Waals surface area contributed by atoms with Gasteiger partial charge in [0, 0.05) is 11.6 Å². The molecule has 1 aromatic heterocycles. The number of ether oxygens (including phenoxy) is 1. The van der Waals surface area contributed by atoms with Gasteiger partial charge < -0.3 is 15.2 Å². The summed E-state index contributed by atoms with van der Waals surface area (Å²) in [7, 11) is 1.29. The van der Waals surface area contributed by atoms with Gasteiger partial charge in [0.1, 0.15) is 11.8 Å². The normalized spacial score (nSPS) is 15.5. The quantitative estimate of drug-likeness (QED) is 0.152. The summed E-state index contributed by atoms with van der Waals surface area (Å²) in [5, 5.41) is 14.4. The molecule has 0 saturated carbocycles. The maximum Gasteiger partial charge on any atom is 0.328 e. The van der Waals surface area contributed by atoms with Crippen molar-refractivity contribution in [1.29, 1.82) is 0 Å². The summed E-state index contributed by atoms with van der Waals surface area (Å²) in [5.74, 6) is -1.13. The Labute approximate surface area is 247 Å². The first kappa shape index (κ1) is 32.0. The molecule has 1 aromatic carbocycles. The Kier molecular flexibility index (Phi) is 12.1. The van der Waals surface area contributed by atoms with Crippen LogP contribution in [-0.2, 0) is 20.7 Å². The molecule has 2 N–H and O–H groups in total. The summed E-state index contributed by atoms with van der Waals surface area (Å²) >= 11 is 1.37. The number of unbranched alkanes of at least 4 members (excludes halogenated alkanes) is 1. The van der Waals surface area contributed by atoms with Gasteiger partial charge in [0.2, 0.25) is 0 Å². The van der Waals surface area contributed by atoms with Crippen molar-refractivity contribution in [2.24, 2.45) is 10.9 Å². The molecule has 8 heteroatoms. The molecule has 1 amide bonds. The Morgan fingerprint density at radius 2 is 1.83 bits per heavy atom. The van der Waals surface area contributed by atoms with Gasteiger partial charge in [0.05, 0.1) is 23.3 Å². The Balaban J connectivity index is 1.75. The Morgan fingerprint density at radius 3 is 2.49 bits per heavy atom. The minimum atomic E-state index is -0.957. The van der Waals surface area contributed by atoms with Crippen molar-refractivity contribution in [3.05, 3.63) is 74.6 Å². The molecule has 7 nitrogen and oxygen atoms in total. The van der Waals surface area contributed by atoms with Gasteiger partial charge in [-0.05, 0) is 107 Å². The number of nitrogens with zero attached hydrogens (tertiary/aromatic N) is 1. The minimum Gasteiger partial charge on any atom is -0.508 e. The number of ketones is 1. The van der Waals surface area contributed by atoms with Gasteiger partial charge in [-0.2, -0.15) is 0 Å². The zero-order valence-corrected chi connectivity index (χ0v) is 25.6. The van der Waals surface area contributed by atoms with Crippen molar-refractivity contribution >= 4 is 34.7 Å². The van der Waals surface area contributed by atoms with Gasteiger partial charge in [0.25, 0.3) is 5.91 Å². The number of aryl methyl sites for hydroxylation is 1. The summed E-state index contributed by atoms with van der Waals surface area (Å²) < 4.78 is 5.01. The molecule has 2 aromatic rings. The molecule has 0 saturated heterocycles. The van der Waals surface area contributed by atoms with Crippen LogP contribution < -0.4 is 5.32 Å². The number of thiophene rings is 1. The predicted octanol–water partition coefficient (Wildman–Crippen LogP) is 6.97. The van der Waals surface area contributed by atoms with Gasteiger partial charge >= 0.3 is 5.97 Å². The SMILES string of the molecule is CCC(CC(NC(=O)C1=C(C)N=C(CCCCc2cccc(O)c2)CCC(C)=C1C)C(=O)OC)C(=O)c1cccs1. The molecule has 0 fully saturated rings. The molecule has 2 unspecified atom stereocenters. The molecule has 0 radical (unpaired) electrons. The van der Waals surface area contributed by atoms with Crippen LogP contribution in [0.3, 0.4) is 0 Å². The minimum absolute atomic E-state index is 0.0303. The van der Waals surface area contributed by atoms with Crippen LogP contribution in [0.15, 0.2) is 69.2 Å². The molecular weight excluding hydrogens is 536 g/mol. The lowest BCUT2D eigenvalue weighted by Gasteiger charge is -2.23. The van der Waals surface area contributed by atoms with E-state index in [0.29, 0.717) is 22.6 Å². The zero-order chi connectivity index (χ0) is 29.9. The number of hydrogen-bond donors (Lipinski definition) is 2. The number of allylic oxidation sites excluding steroid dienone is 2. The number of Topliss-reactive ketones (excluding diaryl/α,β-unsaturated/α-hetero) is 1. The van der Waals surface area contributed by atoms with Gasteiger partial charge in [-0.25, -0.2) is 4.79 Å². The van der Waals surface area contributed by atoms with Crippen molar-refractivity contribution in [2.45, 2.75) is 85.1 Å². The number of amides is 1. The van der Waals surface area contributed by atoms with Crippen LogP contribution in [-0.4, -0.2) is 41.6 Å². The van der Waals surface area contributed by atoms with E-state index in [-0.39, 0.29) is 23.9 Å². The standard InChI is InChI=1S/C33H42N2O5S/c1-6-25(31(37)29-15-10-18-41-29)20-28(33(39)40-5)35-32(38)30-22(3)21(2)16-17-26(34-23(30)4)13-8-7-11-24-12-9-14-27(36)19-24/h9-10,12,14-15,18-19,25,28,36H,6-8,11,13,16-17,20H2,1-5H3,(H,35,38). The summed E-state index contributed by atoms with van der Waals surface area (Å²) in [6, 6.07) is 10.00. The first-order valence-corrected chi connectivity index (χ1v) is 15.2. The van der Waals surface area contributed by atoms with Gasteiger partial charge in [0.15, 0.2) is 5.78 Å². The third kappa shape index (κ3) is 8.98. The van der Waals surface area contributed by atoms with Crippen LogP contribution in [0.4, 0.5) is 0 Å². The van der Waals surface area contributed by atoms with Crippen LogP contribution in [0, 0.1) is 5.92 Å². The number of aromatic hydroxyl groups is 1. The molecule has 2 atom stereocenters. The first-order valence-electron chi connectivity index (χ1n) is 14.3. The summed E-state index contributed by atoms with van der Waals surface area (Å²) in [6.45, 7) is 7.70. The number of rotatable bonds is 13. The van der Waals surface area contributed by atoms with Crippen molar-refractivity contribution in [1.82, 2.24) is 5.32 Å². The van der Waals surface area contributed by atoms with Gasteiger partial charge in [-0.15, -0.1) is 11.3 Å². The second-order valence-electron chi connectivity index (χ2n) is 10.7. The lowest BCUT2D eigenvalue weighted by Crippen LogP contribution is -2.44. The fraction of sp³-hybridized carbons (Fsp3) is 0.455. The average Bonchev–Trinajstić information content (AvgIpc) is 3.49. The molecule has 0 spiro atoms. The van der Waals surface area contributed by atoms with Crippen molar-refractivity contribution in [3.8, 4) is 5.75 Å². The van der Waals surface area contributed by atoms with E-state index in [9.17, 15) is 19.5 Å². The highest BCUT2D eigenvalue weighted by Gasteiger charge is 2.31. The van der Waals surface area contributed by atoms with E-state index in [1.807, 2.05) is 51.3 Å². The summed E-state index contributed by atoms with van der Waals surface area (Å²) in [4.78, 5) is 45.0. The smallest absolute Gasteiger partial charge is 0.328 e. The number of methoxy groups -OCH3 is 1. The number of nitrogens with one attached hydrogen (secondary N) is 1. The van der Waals surface area contributed by atoms with Gasteiger partial charge in [-0.1, -0.05) is 30.7 Å². The molecule has 0 aliphatic carbocycles. The largest absolute Gasteiger partial charge is 0.508 e. The second kappa shape index (κ2) is 15.5. The average molecular weight is 579 g/mol. The van der Waals surface area contributed by atoms with Crippen LogP contribution in [0.1, 0.15) is 87.9 Å². The molecule has 41 heavy (non-hydrogen) atoms. The molecule has 1 aliphatic heterocycles. The number of esters is 1. The molecule has 3 rings (SSSR count). The van der Waals surface area contributed by atoms with Gasteiger partial charge in [-0.3, -0.25) is 14.6 Å². The number of carbonyl (C=O) groups is 3. The molecule has 2 heterocycles. The van der Waals surface area contributed by atoms with E-state index >= 15 is 0 Å². The Bertz CT molecular complexity index is 1320. The maximum atomic E-state index is 13.7. The van der Waals surface area contributed by atoms with Crippen LogP contribution in [0.5, 0.6) is 5.75 Å². The highest BCUT2D eigenvalue weighted by Crippen LogP contribution is 2.27. The predicted molar refractivity (Wildman–Crippen MR) is 164 cm³/mol. The maximum absolute atomic E-state index is 13.7. The van der Waals surface area contributed by atoms with Crippen molar-refractivity contribution < 1.29 is 24.2 Å². The Morgan fingerprint density at radius 1 is 1.07 bits per heavy atom. The molecule has 0 bridgehead atoms. The number of benzene rings is 1. The number of carbonyl (C=O) groups excluding carboxylic acids is 3. The second-order valence-corrected chi connectivity index (χ2v) is 11.6. The topological polar surface area (TPSA) is 105 Å². The third-order valence-electron chi connectivity index (χ3n) is 7.75. The van der Waals surface area contributed by atoms with Crippen LogP contribution in [0.25, 0.3) is 0 Å². The highest BCUT2D eigenvalue weighted by molar-refractivity contribution is 7.12. The fourth-order valence-corrected chi connectivity index (χ4v) is 5.93. The number of aliphatic imine (C=N–C) groups is 1. The number of hydrogen-bond acceptors (Lipinski definition) is 7. The lowest BCUT2D eigenvalue weighted by molar-refractivity contribution is -0.145. The number of phenols is 1. The van der Waals surface area contributed by atoms with Crippen LogP contribution in [0.2, 0.25) is 0 Å². The third-order valence-corrected chi connectivity index (χ3v) is 8.63. The number of phenolic OH excluding ortho intramolecular Hbond substituents is 1. The summed E-state index contributed by atoms with van der Waals surface area (Å²) in [6.07, 6.45) is 5.95. The monoisotopic (exact) mass is 578 g/mol. The van der Waals surface area contributed by atoms with E-state index in [2.05, 4.69) is 5.32 Å². The molecule has 220 valence electrons. The highest BCUT2D eigenvalue weighted by atomic mass is 32.1. The summed E-state index contributed by atoms with van der Waals surface area (Å²) in [5.41, 5.74) is 5.20. The van der Waals surface area contributed by atoms with E-state index in [1.165, 1.54) is 18.4 Å². The van der Waals surface area contributed by atoms with E-state index in [1.54, 1.807) is 18.2 Å². The van der Waals surface area contributed by atoms with E-state index < -0.39 is 17.9 Å².